The SMILES string of the molecule is O=C(NCc1cccc(N2CCCC2=O)c1)NNC(=O)c1ccc(COc2ccccc2)o1. The van der Waals surface area contributed by atoms with Crippen molar-refractivity contribution in [2.45, 2.75) is 26.0 Å². The number of nitrogens with zero attached hydrogens (tertiary/aromatic N) is 1. The van der Waals surface area contributed by atoms with E-state index in [0.29, 0.717) is 24.5 Å². The van der Waals surface area contributed by atoms with Gasteiger partial charge in [0.15, 0.2) is 5.76 Å². The summed E-state index contributed by atoms with van der Waals surface area (Å²) in [6.07, 6.45) is 1.41. The molecule has 2 heterocycles. The van der Waals surface area contributed by atoms with Crippen molar-refractivity contribution < 1.29 is 23.5 Å². The molecule has 1 aromatic heterocycles. The first kappa shape index (κ1) is 21.9. The number of rotatable bonds is 7. The Bertz CT molecular complexity index is 1130. The third-order valence-corrected chi connectivity index (χ3v) is 5.05. The predicted molar refractivity (Wildman–Crippen MR) is 120 cm³/mol. The van der Waals surface area contributed by atoms with E-state index in [-0.39, 0.29) is 24.8 Å². The molecule has 1 fully saturated rings. The van der Waals surface area contributed by atoms with Crippen LogP contribution in [0.15, 0.2) is 71.1 Å². The van der Waals surface area contributed by atoms with E-state index in [9.17, 15) is 14.4 Å². The zero-order chi connectivity index (χ0) is 23.0. The number of carbonyl (C=O) groups excluding carboxylic acids is 3. The number of benzene rings is 2. The lowest BCUT2D eigenvalue weighted by molar-refractivity contribution is -0.117. The number of amides is 4. The lowest BCUT2D eigenvalue weighted by Gasteiger charge is -2.16. The van der Waals surface area contributed by atoms with Gasteiger partial charge in [0.1, 0.15) is 18.1 Å². The van der Waals surface area contributed by atoms with Crippen LogP contribution >= 0.6 is 0 Å². The van der Waals surface area contributed by atoms with Crippen molar-refractivity contribution >= 4 is 23.5 Å². The zero-order valence-electron chi connectivity index (χ0n) is 17.9. The van der Waals surface area contributed by atoms with Gasteiger partial charge in [-0.05, 0) is 48.4 Å². The Morgan fingerprint density at radius 3 is 2.64 bits per heavy atom. The number of urea groups is 1. The molecule has 0 unspecified atom stereocenters. The van der Waals surface area contributed by atoms with Crippen LogP contribution in [0.1, 0.15) is 34.7 Å². The Kier molecular flexibility index (Phi) is 6.89. The third kappa shape index (κ3) is 5.91. The fourth-order valence-corrected chi connectivity index (χ4v) is 3.41. The number of furan rings is 1. The quantitative estimate of drug-likeness (QED) is 0.481. The topological polar surface area (TPSA) is 113 Å². The molecule has 0 bridgehead atoms. The van der Waals surface area contributed by atoms with Gasteiger partial charge in [0.2, 0.25) is 5.91 Å². The maximum absolute atomic E-state index is 12.2. The molecular weight excluding hydrogens is 424 g/mol. The van der Waals surface area contributed by atoms with Crippen LogP contribution in [0.5, 0.6) is 5.75 Å². The first-order valence-electron chi connectivity index (χ1n) is 10.6. The Morgan fingerprint density at radius 2 is 1.85 bits per heavy atom. The minimum Gasteiger partial charge on any atom is -0.486 e. The smallest absolute Gasteiger partial charge is 0.333 e. The second-order valence-corrected chi connectivity index (χ2v) is 7.45. The molecule has 9 nitrogen and oxygen atoms in total. The Hall–Kier alpha value is -4.27. The van der Waals surface area contributed by atoms with Gasteiger partial charge in [0.05, 0.1) is 0 Å². The van der Waals surface area contributed by atoms with Crippen molar-refractivity contribution in [3.05, 3.63) is 83.8 Å². The maximum Gasteiger partial charge on any atom is 0.333 e. The molecule has 4 rings (SSSR count). The first-order chi connectivity index (χ1) is 16.1. The number of nitrogens with one attached hydrogen (secondary N) is 3. The molecule has 3 aromatic rings. The molecule has 1 aliphatic rings. The maximum atomic E-state index is 12.2. The number of hydrazine groups is 1. The van der Waals surface area contributed by atoms with E-state index >= 15 is 0 Å². The Balaban J connectivity index is 1.21. The van der Waals surface area contributed by atoms with Crippen LogP contribution in [0.25, 0.3) is 0 Å². The standard InChI is InChI=1S/C24H24N4O5/c29-22-10-5-13-28(22)18-7-4-6-17(14-18)15-25-24(31)27-26-23(30)21-12-11-20(33-21)16-32-19-8-2-1-3-9-19/h1-4,6-9,11-12,14H,5,10,13,15-16H2,(H,26,30)(H2,25,27,31). The van der Waals surface area contributed by atoms with Crippen molar-refractivity contribution in [1.29, 1.82) is 0 Å². The molecule has 3 N–H and O–H groups in total. The van der Waals surface area contributed by atoms with E-state index in [1.165, 1.54) is 6.07 Å². The van der Waals surface area contributed by atoms with E-state index in [1.54, 1.807) is 11.0 Å². The molecule has 170 valence electrons. The largest absolute Gasteiger partial charge is 0.486 e. The van der Waals surface area contributed by atoms with Crippen molar-refractivity contribution in [2.75, 3.05) is 11.4 Å². The molecule has 33 heavy (non-hydrogen) atoms. The molecule has 9 heteroatoms. The number of hydrogen-bond donors (Lipinski definition) is 3. The summed E-state index contributed by atoms with van der Waals surface area (Å²) >= 11 is 0. The van der Waals surface area contributed by atoms with Crippen LogP contribution < -0.4 is 25.8 Å². The lowest BCUT2D eigenvalue weighted by atomic mass is 10.2. The third-order valence-electron chi connectivity index (χ3n) is 5.05. The van der Waals surface area contributed by atoms with Gasteiger partial charge in [-0.2, -0.15) is 0 Å². The molecular formula is C24H24N4O5. The van der Waals surface area contributed by atoms with E-state index in [0.717, 1.165) is 17.7 Å². The van der Waals surface area contributed by atoms with Crippen LogP contribution in [0.2, 0.25) is 0 Å². The molecule has 0 atom stereocenters. The molecule has 0 saturated carbocycles. The summed E-state index contributed by atoms with van der Waals surface area (Å²) in [5.41, 5.74) is 6.24. The number of ether oxygens (including phenoxy) is 1. The van der Waals surface area contributed by atoms with Crippen molar-refractivity contribution in [3.63, 3.8) is 0 Å². The van der Waals surface area contributed by atoms with Crippen LogP contribution in [0, 0.1) is 0 Å². The minimum atomic E-state index is -0.592. The van der Waals surface area contributed by atoms with Crippen LogP contribution in [-0.4, -0.2) is 24.4 Å². The highest BCUT2D eigenvalue weighted by atomic mass is 16.5. The average Bonchev–Trinajstić information content (AvgIpc) is 3.50. The van der Waals surface area contributed by atoms with Gasteiger partial charge in [-0.3, -0.25) is 15.0 Å². The molecule has 0 radical (unpaired) electrons. The molecule has 1 aliphatic heterocycles. The molecule has 4 amide bonds. The lowest BCUT2D eigenvalue weighted by Crippen LogP contribution is -2.46. The van der Waals surface area contributed by atoms with Gasteiger partial charge in [0, 0.05) is 25.2 Å². The summed E-state index contributed by atoms with van der Waals surface area (Å²) in [6, 6.07) is 19.2. The average molecular weight is 448 g/mol. The van der Waals surface area contributed by atoms with Crippen molar-refractivity contribution in [3.8, 4) is 5.75 Å². The second-order valence-electron chi connectivity index (χ2n) is 7.45. The fourth-order valence-electron chi connectivity index (χ4n) is 3.41. The number of para-hydroxylation sites is 1. The summed E-state index contributed by atoms with van der Waals surface area (Å²) in [6.45, 7) is 1.11. The molecule has 2 aromatic carbocycles. The van der Waals surface area contributed by atoms with Gasteiger partial charge in [-0.1, -0.05) is 30.3 Å². The summed E-state index contributed by atoms with van der Waals surface area (Å²) in [5, 5.41) is 2.66. The van der Waals surface area contributed by atoms with Crippen LogP contribution in [-0.2, 0) is 17.9 Å². The zero-order valence-corrected chi connectivity index (χ0v) is 17.9. The Labute approximate surface area is 190 Å². The van der Waals surface area contributed by atoms with Crippen molar-refractivity contribution in [1.82, 2.24) is 16.2 Å². The fraction of sp³-hybridized carbons (Fsp3) is 0.208. The van der Waals surface area contributed by atoms with E-state index in [1.807, 2.05) is 54.6 Å². The highest BCUT2D eigenvalue weighted by molar-refractivity contribution is 5.95. The summed E-state index contributed by atoms with van der Waals surface area (Å²) < 4.78 is 11.0. The van der Waals surface area contributed by atoms with Crippen molar-refractivity contribution in [2.24, 2.45) is 0 Å². The number of hydrogen-bond acceptors (Lipinski definition) is 5. The number of anilines is 1. The van der Waals surface area contributed by atoms with Crippen LogP contribution in [0.3, 0.4) is 0 Å². The summed E-state index contributed by atoms with van der Waals surface area (Å²) in [7, 11) is 0. The predicted octanol–water partition coefficient (Wildman–Crippen LogP) is 3.13. The molecule has 0 spiro atoms. The van der Waals surface area contributed by atoms with Gasteiger partial charge >= 0.3 is 11.9 Å². The van der Waals surface area contributed by atoms with Gasteiger partial charge in [-0.15, -0.1) is 0 Å². The van der Waals surface area contributed by atoms with Gasteiger partial charge < -0.3 is 19.4 Å². The number of carbonyl (C=O) groups is 3. The Morgan fingerprint density at radius 1 is 1.00 bits per heavy atom. The van der Waals surface area contributed by atoms with Gasteiger partial charge in [0.25, 0.3) is 0 Å². The van der Waals surface area contributed by atoms with E-state index in [4.69, 9.17) is 9.15 Å². The van der Waals surface area contributed by atoms with E-state index < -0.39 is 11.9 Å². The highest BCUT2D eigenvalue weighted by Gasteiger charge is 2.21. The monoisotopic (exact) mass is 448 g/mol. The van der Waals surface area contributed by atoms with E-state index in [2.05, 4.69) is 16.2 Å². The minimum absolute atomic E-state index is 0.0462. The summed E-state index contributed by atoms with van der Waals surface area (Å²) in [4.78, 5) is 37.9. The summed E-state index contributed by atoms with van der Waals surface area (Å²) in [5.74, 6) is 0.726. The normalized spacial score (nSPS) is 13.0. The second kappa shape index (κ2) is 10.4. The molecule has 1 saturated heterocycles. The van der Waals surface area contributed by atoms with Gasteiger partial charge in [-0.25, -0.2) is 10.2 Å². The van der Waals surface area contributed by atoms with Crippen LogP contribution in [0.4, 0.5) is 10.5 Å². The first-order valence-corrected chi connectivity index (χ1v) is 10.6. The highest BCUT2D eigenvalue weighted by Crippen LogP contribution is 2.22. The molecule has 0 aliphatic carbocycles.